The molecule has 0 aromatic carbocycles. The van der Waals surface area contributed by atoms with E-state index in [4.69, 9.17) is 9.63 Å². The summed E-state index contributed by atoms with van der Waals surface area (Å²) in [7, 11) is 1.55. The van der Waals surface area contributed by atoms with Crippen LogP contribution in [0, 0.1) is 0 Å². The molecule has 2 heterocycles. The minimum Gasteiger partial charge on any atom is -0.395 e. The largest absolute Gasteiger partial charge is 0.395 e. The lowest BCUT2D eigenvalue weighted by molar-refractivity contribution is 0.0718. The van der Waals surface area contributed by atoms with Crippen LogP contribution in [-0.2, 0) is 0 Å². The number of hydrogen-bond acceptors (Lipinski definition) is 6. The first kappa shape index (κ1) is 12.2. The van der Waals surface area contributed by atoms with Crippen molar-refractivity contribution in [2.75, 3.05) is 20.2 Å². The Bertz CT molecular complexity index is 526. The van der Waals surface area contributed by atoms with Gasteiger partial charge in [0.05, 0.1) is 6.61 Å². The molecule has 0 unspecified atom stereocenters. The second-order valence-corrected chi connectivity index (χ2v) is 3.61. The van der Waals surface area contributed by atoms with Gasteiger partial charge in [0, 0.05) is 31.5 Å². The number of rotatable bonds is 4. The van der Waals surface area contributed by atoms with Crippen molar-refractivity contribution in [3.05, 3.63) is 30.4 Å². The third-order valence-electron chi connectivity index (χ3n) is 2.33. The number of hydrogen-bond donors (Lipinski definition) is 1. The molecule has 1 amide bonds. The molecule has 0 radical (unpaired) electrons. The first-order chi connectivity index (χ1) is 8.72. The van der Waals surface area contributed by atoms with Gasteiger partial charge in [0.25, 0.3) is 0 Å². The number of aromatic nitrogens is 3. The van der Waals surface area contributed by atoms with Gasteiger partial charge in [-0.2, -0.15) is 4.98 Å². The number of pyridine rings is 1. The second kappa shape index (κ2) is 5.37. The normalized spacial score (nSPS) is 10.3. The van der Waals surface area contributed by atoms with Gasteiger partial charge in [0.2, 0.25) is 5.82 Å². The van der Waals surface area contributed by atoms with Crippen molar-refractivity contribution in [2.24, 2.45) is 0 Å². The molecule has 94 valence electrons. The van der Waals surface area contributed by atoms with Crippen molar-refractivity contribution in [2.45, 2.75) is 0 Å². The van der Waals surface area contributed by atoms with Crippen LogP contribution in [0.25, 0.3) is 11.4 Å². The van der Waals surface area contributed by atoms with E-state index in [2.05, 4.69) is 15.1 Å². The highest BCUT2D eigenvalue weighted by Gasteiger charge is 2.19. The average molecular weight is 248 g/mol. The first-order valence-corrected chi connectivity index (χ1v) is 5.33. The molecule has 2 aromatic heterocycles. The highest BCUT2D eigenvalue weighted by Crippen LogP contribution is 2.14. The van der Waals surface area contributed by atoms with E-state index in [1.165, 1.54) is 4.90 Å². The molecule has 0 spiro atoms. The Morgan fingerprint density at radius 2 is 2.17 bits per heavy atom. The second-order valence-electron chi connectivity index (χ2n) is 3.61. The summed E-state index contributed by atoms with van der Waals surface area (Å²) in [5.41, 5.74) is 0.720. The van der Waals surface area contributed by atoms with E-state index in [0.29, 0.717) is 5.82 Å². The van der Waals surface area contributed by atoms with Gasteiger partial charge in [-0.1, -0.05) is 5.16 Å². The summed E-state index contributed by atoms with van der Waals surface area (Å²) in [5.74, 6) is -0.187. The maximum atomic E-state index is 11.8. The minimum atomic E-state index is -0.420. The molecule has 7 nitrogen and oxygen atoms in total. The van der Waals surface area contributed by atoms with E-state index in [-0.39, 0.29) is 19.0 Å². The Hall–Kier alpha value is -2.28. The molecule has 0 aliphatic rings. The molecule has 1 N–H and O–H groups in total. The number of likely N-dealkylation sites (N-methyl/N-ethyl adjacent to an activating group) is 1. The molecule has 0 bridgehead atoms. The highest BCUT2D eigenvalue weighted by atomic mass is 16.5. The van der Waals surface area contributed by atoms with E-state index in [1.807, 2.05) is 0 Å². The minimum absolute atomic E-state index is 0.0993. The standard InChI is InChI=1S/C11H12N4O3/c1-15(6-7-16)11(17)10-13-9(14-18-10)8-2-4-12-5-3-8/h2-5,16H,6-7H2,1H3. The quantitative estimate of drug-likeness (QED) is 0.830. The lowest BCUT2D eigenvalue weighted by Gasteiger charge is -2.11. The lowest BCUT2D eigenvalue weighted by atomic mass is 10.2. The molecule has 2 rings (SSSR count). The molecular formula is C11H12N4O3. The summed E-state index contributed by atoms with van der Waals surface area (Å²) in [6.45, 7) is 0.0966. The summed E-state index contributed by atoms with van der Waals surface area (Å²) in [6, 6.07) is 3.44. The number of aliphatic hydroxyl groups is 1. The van der Waals surface area contributed by atoms with Crippen molar-refractivity contribution >= 4 is 5.91 Å². The first-order valence-electron chi connectivity index (χ1n) is 5.33. The van der Waals surface area contributed by atoms with E-state index >= 15 is 0 Å². The van der Waals surface area contributed by atoms with Crippen LogP contribution in [0.4, 0.5) is 0 Å². The molecule has 0 aliphatic carbocycles. The highest BCUT2D eigenvalue weighted by molar-refractivity contribution is 5.89. The van der Waals surface area contributed by atoms with Crippen molar-refractivity contribution < 1.29 is 14.4 Å². The topological polar surface area (TPSA) is 92.3 Å². The Labute approximate surface area is 103 Å². The molecule has 0 fully saturated rings. The van der Waals surface area contributed by atoms with Gasteiger partial charge in [-0.15, -0.1) is 0 Å². The SMILES string of the molecule is CN(CCO)C(=O)c1nc(-c2ccncc2)no1. The van der Waals surface area contributed by atoms with Crippen LogP contribution in [0.3, 0.4) is 0 Å². The zero-order chi connectivity index (χ0) is 13.0. The number of amides is 1. The number of carbonyl (C=O) groups excluding carboxylic acids is 1. The lowest BCUT2D eigenvalue weighted by Crippen LogP contribution is -2.29. The van der Waals surface area contributed by atoms with Crippen molar-refractivity contribution in [1.82, 2.24) is 20.0 Å². The summed E-state index contributed by atoms with van der Waals surface area (Å²) < 4.78 is 4.89. The van der Waals surface area contributed by atoms with Crippen molar-refractivity contribution in [1.29, 1.82) is 0 Å². The van der Waals surface area contributed by atoms with Crippen LogP contribution in [0.2, 0.25) is 0 Å². The van der Waals surface area contributed by atoms with Gasteiger partial charge in [-0.05, 0) is 12.1 Å². The van der Waals surface area contributed by atoms with Gasteiger partial charge >= 0.3 is 11.8 Å². The monoisotopic (exact) mass is 248 g/mol. The Morgan fingerprint density at radius 3 is 2.83 bits per heavy atom. The predicted octanol–water partition coefficient (Wildman–Crippen LogP) is 0.196. The van der Waals surface area contributed by atoms with E-state index in [9.17, 15) is 4.79 Å². The third kappa shape index (κ3) is 2.51. The fourth-order valence-electron chi connectivity index (χ4n) is 1.34. The molecular weight excluding hydrogens is 236 g/mol. The van der Waals surface area contributed by atoms with Gasteiger partial charge in [-0.25, -0.2) is 0 Å². The van der Waals surface area contributed by atoms with Crippen LogP contribution < -0.4 is 0 Å². The average Bonchev–Trinajstić information content (AvgIpc) is 2.89. The Balaban J connectivity index is 2.18. The fourth-order valence-corrected chi connectivity index (χ4v) is 1.34. The summed E-state index contributed by atoms with van der Waals surface area (Å²) in [4.78, 5) is 21.0. The molecule has 7 heteroatoms. The zero-order valence-electron chi connectivity index (χ0n) is 9.78. The summed E-state index contributed by atoms with van der Waals surface area (Å²) >= 11 is 0. The van der Waals surface area contributed by atoms with E-state index < -0.39 is 5.91 Å². The molecule has 2 aromatic rings. The number of carbonyl (C=O) groups is 1. The fraction of sp³-hybridized carbons (Fsp3) is 0.273. The number of aliphatic hydroxyl groups excluding tert-OH is 1. The predicted molar refractivity (Wildman–Crippen MR) is 61.6 cm³/mol. The molecule has 0 saturated heterocycles. The van der Waals surface area contributed by atoms with E-state index in [0.717, 1.165) is 5.56 Å². The third-order valence-corrected chi connectivity index (χ3v) is 2.33. The van der Waals surface area contributed by atoms with Crippen LogP contribution in [0.1, 0.15) is 10.7 Å². The Morgan fingerprint density at radius 1 is 1.44 bits per heavy atom. The molecule has 18 heavy (non-hydrogen) atoms. The Kier molecular flexibility index (Phi) is 3.63. The molecule has 0 aliphatic heterocycles. The van der Waals surface area contributed by atoms with Crippen molar-refractivity contribution in [3.8, 4) is 11.4 Å². The zero-order valence-corrected chi connectivity index (χ0v) is 9.78. The van der Waals surface area contributed by atoms with Gasteiger partial charge in [-0.3, -0.25) is 9.78 Å². The number of nitrogens with zero attached hydrogens (tertiary/aromatic N) is 4. The van der Waals surface area contributed by atoms with Gasteiger partial charge in [0.1, 0.15) is 0 Å². The van der Waals surface area contributed by atoms with Crippen LogP contribution >= 0.6 is 0 Å². The van der Waals surface area contributed by atoms with Crippen LogP contribution in [0.15, 0.2) is 29.0 Å². The van der Waals surface area contributed by atoms with Crippen LogP contribution in [0.5, 0.6) is 0 Å². The maximum Gasteiger partial charge on any atom is 0.316 e. The van der Waals surface area contributed by atoms with E-state index in [1.54, 1.807) is 31.6 Å². The molecule has 0 atom stereocenters. The summed E-state index contributed by atoms with van der Waals surface area (Å²) in [6.07, 6.45) is 3.20. The maximum absolute atomic E-state index is 11.8. The van der Waals surface area contributed by atoms with Crippen molar-refractivity contribution in [3.63, 3.8) is 0 Å². The smallest absolute Gasteiger partial charge is 0.316 e. The van der Waals surface area contributed by atoms with Crippen LogP contribution in [-0.4, -0.2) is 51.2 Å². The van der Waals surface area contributed by atoms with Gasteiger partial charge in [0.15, 0.2) is 0 Å². The summed E-state index contributed by atoms with van der Waals surface area (Å²) in [5, 5.41) is 12.5. The molecule has 0 saturated carbocycles. The van der Waals surface area contributed by atoms with Gasteiger partial charge < -0.3 is 14.5 Å².